The molecule has 3 rings (SSSR count). The number of hydrogen-bond donors (Lipinski definition) is 0. The lowest BCUT2D eigenvalue weighted by atomic mass is 9.88. The number of piperidine rings is 1. The van der Waals surface area contributed by atoms with Gasteiger partial charge in [-0.25, -0.2) is 4.39 Å². The summed E-state index contributed by atoms with van der Waals surface area (Å²) in [4.78, 5) is 2.57. The first-order valence-electron chi connectivity index (χ1n) is 8.40. The Bertz CT molecular complexity index is 480. The highest BCUT2D eigenvalue weighted by molar-refractivity contribution is 5.37. The number of likely N-dealkylation sites (tertiary alicyclic amines) is 1. The topological polar surface area (TPSA) is 21.7 Å². The molecule has 2 heterocycles. The van der Waals surface area contributed by atoms with Gasteiger partial charge in [0.25, 0.3) is 0 Å². The molecule has 2 fully saturated rings. The summed E-state index contributed by atoms with van der Waals surface area (Å²) in [6.07, 6.45) is 4.56. The van der Waals surface area contributed by atoms with Crippen molar-refractivity contribution >= 4 is 0 Å². The molecule has 0 spiro atoms. The van der Waals surface area contributed by atoms with Gasteiger partial charge in [-0.3, -0.25) is 0 Å². The summed E-state index contributed by atoms with van der Waals surface area (Å²) >= 11 is 0. The zero-order chi connectivity index (χ0) is 15.4. The molecule has 4 heteroatoms. The van der Waals surface area contributed by atoms with Crippen LogP contribution >= 0.6 is 0 Å². The minimum atomic E-state index is -0.166. The molecule has 122 valence electrons. The van der Waals surface area contributed by atoms with Gasteiger partial charge in [-0.1, -0.05) is 0 Å². The van der Waals surface area contributed by atoms with Gasteiger partial charge in [-0.15, -0.1) is 0 Å². The number of ether oxygens (including phenoxy) is 2. The second-order valence-electron chi connectivity index (χ2n) is 6.52. The summed E-state index contributed by atoms with van der Waals surface area (Å²) in [5.74, 6) is 1.86. The van der Waals surface area contributed by atoms with E-state index < -0.39 is 0 Å². The van der Waals surface area contributed by atoms with Gasteiger partial charge in [0.05, 0.1) is 7.11 Å². The van der Waals surface area contributed by atoms with Crippen LogP contribution in [-0.4, -0.2) is 44.9 Å². The standard InChI is InChI=1S/C18H26FNO2/c1-21-18-3-2-16(19)12-17(18)15-4-8-20(9-5-15)13-14-6-10-22-11-7-14/h2-3,12,14-15H,4-11,13H2,1H3. The van der Waals surface area contributed by atoms with E-state index in [0.717, 1.165) is 56.4 Å². The third-order valence-electron chi connectivity index (χ3n) is 5.08. The van der Waals surface area contributed by atoms with E-state index in [1.54, 1.807) is 19.2 Å². The lowest BCUT2D eigenvalue weighted by molar-refractivity contribution is 0.0487. The molecule has 0 aliphatic carbocycles. The Labute approximate surface area is 132 Å². The maximum absolute atomic E-state index is 13.5. The second kappa shape index (κ2) is 7.42. The summed E-state index contributed by atoms with van der Waals surface area (Å²) in [6, 6.07) is 4.87. The summed E-state index contributed by atoms with van der Waals surface area (Å²) in [5, 5.41) is 0. The van der Waals surface area contributed by atoms with E-state index in [1.165, 1.54) is 25.5 Å². The van der Waals surface area contributed by atoms with Crippen molar-refractivity contribution in [2.45, 2.75) is 31.6 Å². The van der Waals surface area contributed by atoms with E-state index in [0.29, 0.717) is 5.92 Å². The monoisotopic (exact) mass is 307 g/mol. The van der Waals surface area contributed by atoms with Crippen LogP contribution in [0.3, 0.4) is 0 Å². The molecule has 2 saturated heterocycles. The van der Waals surface area contributed by atoms with Gasteiger partial charge >= 0.3 is 0 Å². The molecule has 0 aromatic heterocycles. The second-order valence-corrected chi connectivity index (χ2v) is 6.52. The van der Waals surface area contributed by atoms with Gasteiger partial charge in [-0.2, -0.15) is 0 Å². The number of rotatable bonds is 4. The predicted molar refractivity (Wildman–Crippen MR) is 84.9 cm³/mol. The van der Waals surface area contributed by atoms with Crippen LogP contribution in [0.25, 0.3) is 0 Å². The minimum Gasteiger partial charge on any atom is -0.496 e. The lowest BCUT2D eigenvalue weighted by Crippen LogP contribution is -2.38. The Morgan fingerprint density at radius 3 is 2.59 bits per heavy atom. The zero-order valence-corrected chi connectivity index (χ0v) is 13.4. The summed E-state index contributed by atoms with van der Waals surface area (Å²) in [5.41, 5.74) is 1.04. The van der Waals surface area contributed by atoms with Crippen LogP contribution in [0, 0.1) is 11.7 Å². The molecule has 2 aliphatic rings. The van der Waals surface area contributed by atoms with Crippen LogP contribution in [0.5, 0.6) is 5.75 Å². The van der Waals surface area contributed by atoms with Gasteiger partial charge in [0.2, 0.25) is 0 Å². The molecule has 0 amide bonds. The van der Waals surface area contributed by atoms with Gasteiger partial charge in [0.15, 0.2) is 0 Å². The van der Waals surface area contributed by atoms with E-state index in [2.05, 4.69) is 4.90 Å². The molecule has 2 aliphatic heterocycles. The first kappa shape index (κ1) is 15.8. The largest absolute Gasteiger partial charge is 0.496 e. The highest BCUT2D eigenvalue weighted by Crippen LogP contribution is 2.35. The minimum absolute atomic E-state index is 0.166. The molecule has 0 radical (unpaired) electrons. The van der Waals surface area contributed by atoms with Gasteiger partial charge in [0, 0.05) is 25.3 Å². The van der Waals surface area contributed by atoms with Crippen molar-refractivity contribution in [1.82, 2.24) is 4.90 Å². The first-order chi connectivity index (χ1) is 10.8. The Morgan fingerprint density at radius 1 is 1.18 bits per heavy atom. The number of benzene rings is 1. The van der Waals surface area contributed by atoms with Gasteiger partial charge in [-0.05, 0) is 68.8 Å². The molecule has 3 nitrogen and oxygen atoms in total. The molecule has 22 heavy (non-hydrogen) atoms. The molecule has 0 N–H and O–H groups in total. The number of hydrogen-bond acceptors (Lipinski definition) is 3. The third kappa shape index (κ3) is 3.79. The molecule has 0 atom stereocenters. The molecule has 1 aromatic carbocycles. The fraction of sp³-hybridized carbons (Fsp3) is 0.667. The van der Waals surface area contributed by atoms with Crippen LogP contribution in [0.1, 0.15) is 37.2 Å². The normalized spacial score (nSPS) is 21.9. The maximum atomic E-state index is 13.5. The number of nitrogens with zero attached hydrogens (tertiary/aromatic N) is 1. The molecular weight excluding hydrogens is 281 g/mol. The fourth-order valence-electron chi connectivity index (χ4n) is 3.74. The summed E-state index contributed by atoms with van der Waals surface area (Å²) < 4.78 is 24.4. The quantitative estimate of drug-likeness (QED) is 0.850. The molecule has 0 unspecified atom stereocenters. The molecular formula is C18H26FNO2. The van der Waals surface area contributed by atoms with E-state index in [1.807, 2.05) is 0 Å². The lowest BCUT2D eigenvalue weighted by Gasteiger charge is -2.35. The highest BCUT2D eigenvalue weighted by atomic mass is 19.1. The Hall–Kier alpha value is -1.13. The highest BCUT2D eigenvalue weighted by Gasteiger charge is 2.25. The van der Waals surface area contributed by atoms with Crippen LogP contribution in [0.4, 0.5) is 4.39 Å². The average molecular weight is 307 g/mol. The smallest absolute Gasteiger partial charge is 0.123 e. The van der Waals surface area contributed by atoms with Crippen LogP contribution in [0.2, 0.25) is 0 Å². The fourth-order valence-corrected chi connectivity index (χ4v) is 3.74. The Balaban J connectivity index is 1.56. The number of methoxy groups -OCH3 is 1. The summed E-state index contributed by atoms with van der Waals surface area (Å²) in [7, 11) is 1.66. The van der Waals surface area contributed by atoms with E-state index in [-0.39, 0.29) is 5.82 Å². The van der Waals surface area contributed by atoms with Crippen LogP contribution in [0.15, 0.2) is 18.2 Å². The van der Waals surface area contributed by atoms with Crippen molar-refractivity contribution in [3.8, 4) is 5.75 Å². The van der Waals surface area contributed by atoms with E-state index in [9.17, 15) is 4.39 Å². The third-order valence-corrected chi connectivity index (χ3v) is 5.08. The zero-order valence-electron chi connectivity index (χ0n) is 13.4. The first-order valence-corrected chi connectivity index (χ1v) is 8.40. The van der Waals surface area contributed by atoms with Gasteiger partial charge < -0.3 is 14.4 Å². The molecule has 0 bridgehead atoms. The molecule has 1 aromatic rings. The van der Waals surface area contributed by atoms with Crippen molar-refractivity contribution < 1.29 is 13.9 Å². The van der Waals surface area contributed by atoms with Gasteiger partial charge in [0.1, 0.15) is 11.6 Å². The van der Waals surface area contributed by atoms with Crippen molar-refractivity contribution in [2.75, 3.05) is 40.0 Å². The van der Waals surface area contributed by atoms with Crippen molar-refractivity contribution in [1.29, 1.82) is 0 Å². The predicted octanol–water partition coefficient (Wildman–Crippen LogP) is 3.44. The average Bonchev–Trinajstić information content (AvgIpc) is 2.56. The summed E-state index contributed by atoms with van der Waals surface area (Å²) in [6.45, 7) is 5.23. The molecule has 0 saturated carbocycles. The van der Waals surface area contributed by atoms with Crippen LogP contribution in [-0.2, 0) is 4.74 Å². The van der Waals surface area contributed by atoms with E-state index >= 15 is 0 Å². The number of halogens is 1. The maximum Gasteiger partial charge on any atom is 0.123 e. The van der Waals surface area contributed by atoms with Crippen molar-refractivity contribution in [3.63, 3.8) is 0 Å². The van der Waals surface area contributed by atoms with Crippen molar-refractivity contribution in [2.24, 2.45) is 5.92 Å². The Kier molecular flexibility index (Phi) is 5.32. The van der Waals surface area contributed by atoms with Crippen molar-refractivity contribution in [3.05, 3.63) is 29.6 Å². The van der Waals surface area contributed by atoms with Crippen LogP contribution < -0.4 is 4.74 Å². The Morgan fingerprint density at radius 2 is 1.91 bits per heavy atom. The van der Waals surface area contributed by atoms with E-state index in [4.69, 9.17) is 9.47 Å². The SMILES string of the molecule is COc1ccc(F)cc1C1CCN(CC2CCOCC2)CC1.